The van der Waals surface area contributed by atoms with Crippen molar-refractivity contribution in [3.63, 3.8) is 0 Å². The Balaban J connectivity index is 1.92. The number of esters is 1. The van der Waals surface area contributed by atoms with E-state index in [0.29, 0.717) is 49.6 Å². The molecule has 9 heteroatoms. The van der Waals surface area contributed by atoms with Crippen LogP contribution < -0.4 is 10.1 Å². The number of hydrogen-bond acceptors (Lipinski definition) is 6. The smallest absolute Gasteiger partial charge is 0.313 e. The number of amides is 1. The third kappa shape index (κ3) is 13.0. The number of carbonyl (C=O) groups excluding carboxylic acids is 2. The fraction of sp³-hybridized carbons (Fsp3) is 0.619. The Kier molecular flexibility index (Phi) is 14.5. The number of carbonyl (C=O) groups is 2. The molecule has 0 fully saturated rings. The van der Waals surface area contributed by atoms with Crippen LogP contribution in [0.3, 0.4) is 0 Å². The quantitative estimate of drug-likeness (QED) is 0.227. The summed E-state index contributed by atoms with van der Waals surface area (Å²) >= 11 is 12.1. The van der Waals surface area contributed by atoms with Crippen LogP contribution >= 0.6 is 23.2 Å². The van der Waals surface area contributed by atoms with Gasteiger partial charge in [-0.15, -0.1) is 0 Å². The molecule has 0 aliphatic rings. The Bertz CT molecular complexity index is 633. The standard InChI is InChI=1S/C21H31Cl2NO6/c1-16-14-18(22)21(19(23)15-16)30-20(26)6-10-27-8-4-3-5-9-28-12-13-29-11-7-24-17(2)25/h14-15H,3-13H2,1-2H3,(H,24,25). The van der Waals surface area contributed by atoms with Gasteiger partial charge in [-0.2, -0.15) is 0 Å². The van der Waals surface area contributed by atoms with Crippen molar-refractivity contribution >= 4 is 35.1 Å². The molecule has 0 saturated heterocycles. The second-order valence-corrected chi connectivity index (χ2v) is 7.48. The average molecular weight is 464 g/mol. The Morgan fingerprint density at radius 2 is 1.43 bits per heavy atom. The number of halogens is 2. The molecule has 0 unspecified atom stereocenters. The summed E-state index contributed by atoms with van der Waals surface area (Å²) in [7, 11) is 0. The fourth-order valence-corrected chi connectivity index (χ4v) is 3.09. The van der Waals surface area contributed by atoms with Gasteiger partial charge in [0.05, 0.1) is 42.9 Å². The van der Waals surface area contributed by atoms with Crippen LogP contribution in [0.25, 0.3) is 0 Å². The number of aryl methyl sites for hydroxylation is 1. The van der Waals surface area contributed by atoms with Crippen LogP contribution in [0, 0.1) is 6.92 Å². The molecule has 170 valence electrons. The van der Waals surface area contributed by atoms with Gasteiger partial charge in [0.2, 0.25) is 5.91 Å². The highest BCUT2D eigenvalue weighted by Crippen LogP contribution is 2.34. The molecule has 1 aromatic carbocycles. The van der Waals surface area contributed by atoms with E-state index in [1.807, 2.05) is 6.92 Å². The number of rotatable bonds is 16. The lowest BCUT2D eigenvalue weighted by Crippen LogP contribution is -2.24. The number of benzene rings is 1. The molecule has 1 rings (SSSR count). The number of ether oxygens (including phenoxy) is 4. The van der Waals surface area contributed by atoms with Crippen LogP contribution in [0.4, 0.5) is 0 Å². The van der Waals surface area contributed by atoms with E-state index in [2.05, 4.69) is 5.32 Å². The zero-order valence-electron chi connectivity index (χ0n) is 17.6. The lowest BCUT2D eigenvalue weighted by atomic mass is 10.2. The van der Waals surface area contributed by atoms with Crippen molar-refractivity contribution < 1.29 is 28.5 Å². The maximum atomic E-state index is 11.9. The van der Waals surface area contributed by atoms with Crippen LogP contribution in [0.15, 0.2) is 12.1 Å². The van der Waals surface area contributed by atoms with Crippen LogP contribution in [-0.4, -0.2) is 58.1 Å². The van der Waals surface area contributed by atoms with Crippen LogP contribution in [-0.2, 0) is 23.8 Å². The molecule has 30 heavy (non-hydrogen) atoms. The van der Waals surface area contributed by atoms with Gasteiger partial charge >= 0.3 is 5.97 Å². The molecule has 0 aromatic heterocycles. The van der Waals surface area contributed by atoms with Gasteiger partial charge in [0, 0.05) is 26.7 Å². The van der Waals surface area contributed by atoms with Gasteiger partial charge < -0.3 is 24.3 Å². The van der Waals surface area contributed by atoms with Crippen molar-refractivity contribution in [1.29, 1.82) is 0 Å². The molecule has 0 heterocycles. The SMILES string of the molecule is CC(=O)NCCOCCOCCCCCOCCC(=O)Oc1c(Cl)cc(C)cc1Cl. The minimum Gasteiger partial charge on any atom is -0.423 e. The molecule has 0 spiro atoms. The summed E-state index contributed by atoms with van der Waals surface area (Å²) in [6.07, 6.45) is 2.93. The monoisotopic (exact) mass is 463 g/mol. The Morgan fingerprint density at radius 1 is 0.867 bits per heavy atom. The summed E-state index contributed by atoms with van der Waals surface area (Å²) < 4.78 is 21.5. The van der Waals surface area contributed by atoms with Gasteiger partial charge in [-0.05, 0) is 43.9 Å². The highest BCUT2D eigenvalue weighted by Gasteiger charge is 2.13. The molecule has 0 saturated carbocycles. The summed E-state index contributed by atoms with van der Waals surface area (Å²) in [5.74, 6) is -0.307. The van der Waals surface area contributed by atoms with Crippen LogP contribution in [0.2, 0.25) is 10.0 Å². The van der Waals surface area contributed by atoms with Crippen molar-refractivity contribution in [2.24, 2.45) is 0 Å². The van der Waals surface area contributed by atoms with Crippen molar-refractivity contribution in [1.82, 2.24) is 5.32 Å². The van der Waals surface area contributed by atoms with E-state index >= 15 is 0 Å². The lowest BCUT2D eigenvalue weighted by Gasteiger charge is -2.09. The van der Waals surface area contributed by atoms with E-state index in [0.717, 1.165) is 24.8 Å². The normalized spacial score (nSPS) is 10.8. The first-order valence-electron chi connectivity index (χ1n) is 10.0. The molecule has 1 aromatic rings. The first kappa shape index (κ1) is 26.7. The topological polar surface area (TPSA) is 83.1 Å². The predicted octanol–water partition coefficient (Wildman–Crippen LogP) is 3.95. The molecular weight excluding hydrogens is 433 g/mol. The highest BCUT2D eigenvalue weighted by atomic mass is 35.5. The molecule has 0 bridgehead atoms. The van der Waals surface area contributed by atoms with Gasteiger partial charge in [-0.3, -0.25) is 9.59 Å². The largest absolute Gasteiger partial charge is 0.423 e. The van der Waals surface area contributed by atoms with Gasteiger partial charge in [-0.1, -0.05) is 23.2 Å². The average Bonchev–Trinajstić information content (AvgIpc) is 2.67. The summed E-state index contributed by atoms with van der Waals surface area (Å²) in [5, 5.41) is 3.28. The summed E-state index contributed by atoms with van der Waals surface area (Å²) in [5.41, 5.74) is 0.894. The third-order valence-corrected chi connectivity index (χ3v) is 4.44. The van der Waals surface area contributed by atoms with Crippen LogP contribution in [0.5, 0.6) is 5.75 Å². The Hall–Kier alpha value is -1.38. The minimum atomic E-state index is -0.435. The number of hydrogen-bond donors (Lipinski definition) is 1. The van der Waals surface area contributed by atoms with E-state index in [4.69, 9.17) is 42.1 Å². The minimum absolute atomic E-state index is 0.0594. The van der Waals surface area contributed by atoms with Crippen molar-refractivity contribution in [2.45, 2.75) is 39.5 Å². The second kappa shape index (κ2) is 16.3. The van der Waals surface area contributed by atoms with E-state index in [9.17, 15) is 9.59 Å². The molecule has 0 radical (unpaired) electrons. The second-order valence-electron chi connectivity index (χ2n) is 6.66. The van der Waals surface area contributed by atoms with Gasteiger partial charge in [0.15, 0.2) is 5.75 Å². The first-order valence-corrected chi connectivity index (χ1v) is 10.8. The fourth-order valence-electron chi connectivity index (χ4n) is 2.41. The first-order chi connectivity index (χ1) is 14.4. The number of unbranched alkanes of at least 4 members (excludes halogenated alkanes) is 2. The van der Waals surface area contributed by atoms with E-state index in [1.165, 1.54) is 6.92 Å². The summed E-state index contributed by atoms with van der Waals surface area (Å²) in [6, 6.07) is 3.38. The van der Waals surface area contributed by atoms with Crippen LogP contribution in [0.1, 0.15) is 38.2 Å². The molecule has 0 aliphatic carbocycles. The Morgan fingerprint density at radius 3 is 2.03 bits per heavy atom. The molecule has 0 atom stereocenters. The molecule has 1 N–H and O–H groups in total. The van der Waals surface area contributed by atoms with E-state index in [-0.39, 0.29) is 24.7 Å². The van der Waals surface area contributed by atoms with E-state index < -0.39 is 5.97 Å². The molecular formula is C21H31Cl2NO6. The molecule has 1 amide bonds. The zero-order chi connectivity index (χ0) is 22.2. The highest BCUT2D eigenvalue weighted by molar-refractivity contribution is 6.37. The zero-order valence-corrected chi connectivity index (χ0v) is 19.2. The Labute approximate surface area is 188 Å². The molecule has 7 nitrogen and oxygen atoms in total. The third-order valence-electron chi connectivity index (χ3n) is 3.88. The van der Waals surface area contributed by atoms with Crippen molar-refractivity contribution in [2.75, 3.05) is 46.2 Å². The van der Waals surface area contributed by atoms with Gasteiger partial charge in [-0.25, -0.2) is 0 Å². The summed E-state index contributed by atoms with van der Waals surface area (Å²) in [6.45, 7) is 6.90. The van der Waals surface area contributed by atoms with Crippen molar-refractivity contribution in [3.05, 3.63) is 27.7 Å². The molecule has 0 aliphatic heterocycles. The maximum absolute atomic E-state index is 11.9. The lowest BCUT2D eigenvalue weighted by molar-refractivity contribution is -0.135. The van der Waals surface area contributed by atoms with Crippen molar-refractivity contribution in [3.8, 4) is 5.75 Å². The van der Waals surface area contributed by atoms with Gasteiger partial charge in [0.1, 0.15) is 0 Å². The van der Waals surface area contributed by atoms with E-state index in [1.54, 1.807) is 12.1 Å². The number of nitrogens with one attached hydrogen (secondary N) is 1. The summed E-state index contributed by atoms with van der Waals surface area (Å²) in [4.78, 5) is 22.5. The van der Waals surface area contributed by atoms with Gasteiger partial charge in [0.25, 0.3) is 0 Å². The maximum Gasteiger partial charge on any atom is 0.313 e. The predicted molar refractivity (Wildman–Crippen MR) is 116 cm³/mol.